The lowest BCUT2D eigenvalue weighted by Crippen LogP contribution is -2.33. The van der Waals surface area contributed by atoms with Crippen molar-refractivity contribution in [1.82, 2.24) is 15.3 Å². The summed E-state index contributed by atoms with van der Waals surface area (Å²) in [5.74, 6) is -0.358. The van der Waals surface area contributed by atoms with E-state index in [0.29, 0.717) is 25.4 Å². The number of hydrogen-bond acceptors (Lipinski definition) is 5. The van der Waals surface area contributed by atoms with Gasteiger partial charge in [0, 0.05) is 13.2 Å². The van der Waals surface area contributed by atoms with E-state index in [4.69, 9.17) is 21.1 Å². The van der Waals surface area contributed by atoms with Gasteiger partial charge in [0.2, 0.25) is 0 Å². The number of nitrogens with one attached hydrogen (secondary N) is 1. The van der Waals surface area contributed by atoms with Crippen LogP contribution >= 0.6 is 11.6 Å². The van der Waals surface area contributed by atoms with E-state index >= 15 is 0 Å². The number of aromatic nitrogens is 2. The minimum atomic E-state index is -0.665. The molecule has 118 valence electrons. The predicted octanol–water partition coefficient (Wildman–Crippen LogP) is 2.70. The van der Waals surface area contributed by atoms with Crippen LogP contribution in [0.5, 0.6) is 0 Å². The third-order valence-electron chi connectivity index (χ3n) is 2.12. The third kappa shape index (κ3) is 7.77. The van der Waals surface area contributed by atoms with E-state index in [-0.39, 0.29) is 11.8 Å². The zero-order valence-corrected chi connectivity index (χ0v) is 13.0. The van der Waals surface area contributed by atoms with Gasteiger partial charge >= 0.3 is 6.09 Å². The zero-order valence-electron chi connectivity index (χ0n) is 12.3. The van der Waals surface area contributed by atoms with Crippen LogP contribution in [-0.2, 0) is 16.1 Å². The molecule has 0 aliphatic carbocycles. The molecule has 0 unspecified atom stereocenters. The molecule has 0 aromatic carbocycles. The topological polar surface area (TPSA) is 73.3 Å². The Morgan fingerprint density at radius 2 is 2.19 bits per heavy atom. The predicted molar refractivity (Wildman–Crippen MR) is 75.5 cm³/mol. The van der Waals surface area contributed by atoms with Crippen LogP contribution in [0, 0.1) is 5.82 Å². The highest BCUT2D eigenvalue weighted by Gasteiger charge is 2.15. The zero-order chi connectivity index (χ0) is 15.9. The molecule has 0 saturated carbocycles. The van der Waals surface area contributed by atoms with Gasteiger partial charge in [0.1, 0.15) is 12.2 Å². The van der Waals surface area contributed by atoms with Gasteiger partial charge < -0.3 is 14.8 Å². The minimum Gasteiger partial charge on any atom is -0.444 e. The van der Waals surface area contributed by atoms with Crippen LogP contribution in [0.25, 0.3) is 0 Å². The number of alkyl carbamates (subject to hydrolysis) is 1. The van der Waals surface area contributed by atoms with Crippen molar-refractivity contribution in [3.63, 3.8) is 0 Å². The van der Waals surface area contributed by atoms with Gasteiger partial charge in [-0.15, -0.1) is 0 Å². The Bertz CT molecular complexity index is 480. The third-order valence-corrected chi connectivity index (χ3v) is 2.38. The lowest BCUT2D eigenvalue weighted by molar-refractivity contribution is 0.0517. The van der Waals surface area contributed by atoms with E-state index in [1.54, 1.807) is 20.8 Å². The number of halogens is 2. The number of nitrogens with zero attached hydrogens (tertiary/aromatic N) is 2. The van der Waals surface area contributed by atoms with Crippen LogP contribution in [-0.4, -0.2) is 34.8 Å². The Hall–Kier alpha value is -1.47. The molecule has 1 aromatic heterocycles. The second-order valence-electron chi connectivity index (χ2n) is 5.26. The summed E-state index contributed by atoms with van der Waals surface area (Å²) in [5.41, 5.74) is -0.514. The molecule has 1 N–H and O–H groups in total. The van der Waals surface area contributed by atoms with Gasteiger partial charge in [0.25, 0.3) is 0 Å². The molecule has 21 heavy (non-hydrogen) atoms. The molecule has 6 nitrogen and oxygen atoms in total. The quantitative estimate of drug-likeness (QED) is 0.644. The fourth-order valence-electron chi connectivity index (χ4n) is 1.29. The van der Waals surface area contributed by atoms with Crippen LogP contribution in [0.15, 0.2) is 6.20 Å². The van der Waals surface area contributed by atoms with E-state index in [1.165, 1.54) is 0 Å². The van der Waals surface area contributed by atoms with Crippen molar-refractivity contribution in [2.24, 2.45) is 0 Å². The molecule has 1 heterocycles. The second kappa shape index (κ2) is 8.09. The average molecular weight is 320 g/mol. The van der Waals surface area contributed by atoms with Crippen LogP contribution in [0.4, 0.5) is 9.18 Å². The SMILES string of the molecule is CC(C)(C)OC(=O)NCCCOCc1ncc(F)c(Cl)n1. The van der Waals surface area contributed by atoms with Gasteiger partial charge in [-0.25, -0.2) is 19.2 Å². The van der Waals surface area contributed by atoms with Crippen molar-refractivity contribution >= 4 is 17.7 Å². The highest BCUT2D eigenvalue weighted by Crippen LogP contribution is 2.09. The van der Waals surface area contributed by atoms with Gasteiger partial charge in [0.15, 0.2) is 16.8 Å². The van der Waals surface area contributed by atoms with Crippen molar-refractivity contribution in [2.45, 2.75) is 39.4 Å². The molecule has 1 aromatic rings. The molecule has 0 bridgehead atoms. The summed E-state index contributed by atoms with van der Waals surface area (Å²) in [7, 11) is 0. The van der Waals surface area contributed by atoms with Gasteiger partial charge in [-0.2, -0.15) is 0 Å². The van der Waals surface area contributed by atoms with Gasteiger partial charge in [-0.1, -0.05) is 11.6 Å². The summed E-state index contributed by atoms with van der Waals surface area (Å²) in [4.78, 5) is 18.8. The molecule has 0 fully saturated rings. The molecule has 0 radical (unpaired) electrons. The number of carbonyl (C=O) groups excluding carboxylic acids is 1. The van der Waals surface area contributed by atoms with Crippen LogP contribution < -0.4 is 5.32 Å². The summed E-state index contributed by atoms with van der Waals surface area (Å²) in [6, 6.07) is 0. The van der Waals surface area contributed by atoms with Crippen LogP contribution in [0.3, 0.4) is 0 Å². The molecule has 8 heteroatoms. The van der Waals surface area contributed by atoms with Crippen molar-refractivity contribution in [3.8, 4) is 0 Å². The Morgan fingerprint density at radius 3 is 2.81 bits per heavy atom. The highest BCUT2D eigenvalue weighted by atomic mass is 35.5. The fraction of sp³-hybridized carbons (Fsp3) is 0.615. The molecule has 0 saturated heterocycles. The Morgan fingerprint density at radius 1 is 1.48 bits per heavy atom. The molecule has 0 aliphatic heterocycles. The molecular formula is C13H19ClFN3O3. The summed E-state index contributed by atoms with van der Waals surface area (Å²) >= 11 is 5.52. The first-order valence-corrected chi connectivity index (χ1v) is 6.87. The Labute approximate surface area is 128 Å². The van der Waals surface area contributed by atoms with Gasteiger partial charge in [0.05, 0.1) is 6.20 Å². The van der Waals surface area contributed by atoms with Crippen molar-refractivity contribution in [1.29, 1.82) is 0 Å². The van der Waals surface area contributed by atoms with Gasteiger partial charge in [-0.3, -0.25) is 0 Å². The number of ether oxygens (including phenoxy) is 2. The van der Waals surface area contributed by atoms with Crippen molar-refractivity contribution in [2.75, 3.05) is 13.2 Å². The van der Waals surface area contributed by atoms with E-state index in [9.17, 15) is 9.18 Å². The monoisotopic (exact) mass is 319 g/mol. The molecule has 1 rings (SSSR count). The first-order chi connectivity index (χ1) is 9.78. The normalized spacial score (nSPS) is 11.3. The standard InChI is InChI=1S/C13H19ClFN3O3/c1-13(2,3)21-12(19)16-5-4-6-20-8-10-17-7-9(15)11(14)18-10/h7H,4-6,8H2,1-3H3,(H,16,19). The van der Waals surface area contributed by atoms with Crippen LogP contribution in [0.1, 0.15) is 33.0 Å². The summed E-state index contributed by atoms with van der Waals surface area (Å²) < 4.78 is 23.2. The lowest BCUT2D eigenvalue weighted by atomic mass is 10.2. The van der Waals surface area contributed by atoms with Crippen LogP contribution in [0.2, 0.25) is 5.15 Å². The maximum Gasteiger partial charge on any atom is 0.407 e. The van der Waals surface area contributed by atoms with Gasteiger partial charge in [-0.05, 0) is 27.2 Å². The first-order valence-electron chi connectivity index (χ1n) is 6.49. The fourth-order valence-corrected chi connectivity index (χ4v) is 1.44. The number of carbonyl (C=O) groups is 1. The highest BCUT2D eigenvalue weighted by molar-refractivity contribution is 6.29. The number of amides is 1. The maximum absolute atomic E-state index is 12.8. The number of rotatable bonds is 6. The van der Waals surface area contributed by atoms with Crippen molar-refractivity contribution in [3.05, 3.63) is 23.0 Å². The van der Waals surface area contributed by atoms with Crippen molar-refractivity contribution < 1.29 is 18.7 Å². The minimum absolute atomic E-state index is 0.131. The number of hydrogen-bond donors (Lipinski definition) is 1. The molecule has 0 spiro atoms. The lowest BCUT2D eigenvalue weighted by Gasteiger charge is -2.19. The summed E-state index contributed by atoms with van der Waals surface area (Å²) in [6.07, 6.45) is 1.14. The second-order valence-corrected chi connectivity index (χ2v) is 5.62. The Balaban J connectivity index is 2.12. The Kier molecular flexibility index (Phi) is 6.77. The first kappa shape index (κ1) is 17.6. The summed E-state index contributed by atoms with van der Waals surface area (Å²) in [6.45, 7) is 6.34. The maximum atomic E-state index is 12.8. The molecular weight excluding hydrogens is 301 g/mol. The molecule has 0 aliphatic rings. The average Bonchev–Trinajstić information content (AvgIpc) is 2.35. The van der Waals surface area contributed by atoms with E-state index in [2.05, 4.69) is 15.3 Å². The van der Waals surface area contributed by atoms with E-state index in [1.807, 2.05) is 0 Å². The van der Waals surface area contributed by atoms with E-state index < -0.39 is 17.5 Å². The summed E-state index contributed by atoms with van der Waals surface area (Å²) in [5, 5.41) is 2.38. The molecule has 0 atom stereocenters. The smallest absolute Gasteiger partial charge is 0.407 e. The van der Waals surface area contributed by atoms with E-state index in [0.717, 1.165) is 6.20 Å². The molecule has 1 amide bonds. The largest absolute Gasteiger partial charge is 0.444 e.